The minimum absolute atomic E-state index is 0.00228. The van der Waals surface area contributed by atoms with Gasteiger partial charge in [-0.15, -0.1) is 0 Å². The quantitative estimate of drug-likeness (QED) is 0.184. The Labute approximate surface area is 277 Å². The largest absolute Gasteiger partial charge is 0.352 e. The van der Waals surface area contributed by atoms with Crippen molar-refractivity contribution in [3.8, 4) is 0 Å². The fourth-order valence-corrected chi connectivity index (χ4v) is 7.70. The van der Waals surface area contributed by atoms with E-state index >= 15 is 0 Å². The molecular formula is C38H42FN3O4S. The molecule has 1 aliphatic rings. The molecule has 0 heterocycles. The van der Waals surface area contributed by atoms with Gasteiger partial charge < -0.3 is 10.2 Å². The highest BCUT2D eigenvalue weighted by atomic mass is 32.2. The second-order valence-corrected chi connectivity index (χ2v) is 14.2. The van der Waals surface area contributed by atoms with Crippen LogP contribution < -0.4 is 9.62 Å². The first-order chi connectivity index (χ1) is 22.6. The number of sulfonamides is 1. The highest BCUT2D eigenvalue weighted by Gasteiger charge is 2.35. The molecule has 0 radical (unpaired) electrons. The molecule has 1 atom stereocenters. The van der Waals surface area contributed by atoms with Crippen molar-refractivity contribution in [1.82, 2.24) is 10.2 Å². The fourth-order valence-electron chi connectivity index (χ4n) is 6.20. The summed E-state index contributed by atoms with van der Waals surface area (Å²) in [5.74, 6) is -1.26. The number of nitrogens with zero attached hydrogens (tertiary/aromatic N) is 2. The van der Waals surface area contributed by atoms with Crippen molar-refractivity contribution in [1.29, 1.82) is 0 Å². The molecule has 1 aliphatic carbocycles. The number of halogens is 1. The van der Waals surface area contributed by atoms with E-state index in [1.165, 1.54) is 29.2 Å². The Morgan fingerprint density at radius 3 is 2.11 bits per heavy atom. The number of carbonyl (C=O) groups is 2. The van der Waals surface area contributed by atoms with E-state index in [0.717, 1.165) is 47.5 Å². The molecule has 47 heavy (non-hydrogen) atoms. The number of anilines is 1. The molecule has 0 aliphatic heterocycles. The predicted octanol–water partition coefficient (Wildman–Crippen LogP) is 6.73. The Balaban J connectivity index is 1.57. The van der Waals surface area contributed by atoms with Gasteiger partial charge in [-0.3, -0.25) is 13.9 Å². The standard InChI is InChI=1S/C38H42FN3O4S/c1-28-18-23-35(29(2)24-28)42(47(45,46)34-16-10-5-11-17-34)27-37(43)41(26-31-19-21-32(39)22-20-31)36(25-30-12-6-3-7-13-30)38(44)40-33-14-8-4-9-15-33/h3,5-7,10-13,16-24,33,36H,4,8-9,14-15,25-27H2,1-2H3,(H,40,44)/t36-/m0/s1. The lowest BCUT2D eigenvalue weighted by Gasteiger charge is -2.35. The summed E-state index contributed by atoms with van der Waals surface area (Å²) in [6.07, 6.45) is 5.13. The summed E-state index contributed by atoms with van der Waals surface area (Å²) in [4.78, 5) is 30.3. The maximum Gasteiger partial charge on any atom is 0.264 e. The van der Waals surface area contributed by atoms with Gasteiger partial charge >= 0.3 is 0 Å². The molecule has 7 nitrogen and oxygen atoms in total. The topological polar surface area (TPSA) is 86.8 Å². The van der Waals surface area contributed by atoms with Crippen molar-refractivity contribution in [3.63, 3.8) is 0 Å². The zero-order chi connectivity index (χ0) is 33.4. The summed E-state index contributed by atoms with van der Waals surface area (Å²) in [5.41, 5.74) is 3.50. The maximum atomic E-state index is 14.6. The van der Waals surface area contributed by atoms with E-state index in [-0.39, 0.29) is 29.8 Å². The molecule has 1 fully saturated rings. The predicted molar refractivity (Wildman–Crippen MR) is 183 cm³/mol. The first-order valence-electron chi connectivity index (χ1n) is 16.1. The van der Waals surface area contributed by atoms with Gasteiger partial charge in [0.25, 0.3) is 10.0 Å². The third kappa shape index (κ3) is 8.65. The van der Waals surface area contributed by atoms with Crippen molar-refractivity contribution in [3.05, 3.63) is 131 Å². The van der Waals surface area contributed by atoms with Crippen LogP contribution in [-0.4, -0.2) is 43.8 Å². The van der Waals surface area contributed by atoms with Crippen molar-refractivity contribution in [2.75, 3.05) is 10.8 Å². The normalized spacial score (nSPS) is 14.3. The molecule has 1 saturated carbocycles. The summed E-state index contributed by atoms with van der Waals surface area (Å²) in [6, 6.07) is 27.7. The van der Waals surface area contributed by atoms with E-state index in [9.17, 15) is 22.4 Å². The van der Waals surface area contributed by atoms with Gasteiger partial charge in [0.2, 0.25) is 11.8 Å². The van der Waals surface area contributed by atoms with E-state index in [0.29, 0.717) is 16.8 Å². The van der Waals surface area contributed by atoms with E-state index in [1.54, 1.807) is 36.4 Å². The van der Waals surface area contributed by atoms with Gasteiger partial charge in [-0.25, -0.2) is 12.8 Å². The van der Waals surface area contributed by atoms with Crippen LogP contribution in [0.1, 0.15) is 54.4 Å². The summed E-state index contributed by atoms with van der Waals surface area (Å²) in [6.45, 7) is 3.18. The third-order valence-electron chi connectivity index (χ3n) is 8.72. The molecular weight excluding hydrogens is 614 g/mol. The van der Waals surface area contributed by atoms with E-state index in [2.05, 4.69) is 5.32 Å². The second-order valence-electron chi connectivity index (χ2n) is 12.3. The van der Waals surface area contributed by atoms with E-state index in [1.807, 2.05) is 56.3 Å². The van der Waals surface area contributed by atoms with Gasteiger partial charge in [0.05, 0.1) is 10.6 Å². The Kier molecular flexibility index (Phi) is 11.1. The number of aryl methyl sites for hydroxylation is 2. The lowest BCUT2D eigenvalue weighted by atomic mass is 9.94. The molecule has 0 unspecified atom stereocenters. The molecule has 0 spiro atoms. The van der Waals surface area contributed by atoms with Crippen LogP contribution in [0, 0.1) is 19.7 Å². The van der Waals surface area contributed by atoms with Crippen LogP contribution in [0.15, 0.2) is 108 Å². The number of hydrogen-bond donors (Lipinski definition) is 1. The van der Waals surface area contributed by atoms with Crippen LogP contribution in [0.25, 0.3) is 0 Å². The lowest BCUT2D eigenvalue weighted by Crippen LogP contribution is -2.55. The lowest BCUT2D eigenvalue weighted by molar-refractivity contribution is -0.140. The molecule has 5 rings (SSSR count). The Bertz CT molecular complexity index is 1760. The molecule has 0 saturated heterocycles. The van der Waals surface area contributed by atoms with Gasteiger partial charge in [0, 0.05) is 19.0 Å². The molecule has 0 aromatic heterocycles. The van der Waals surface area contributed by atoms with Crippen molar-refractivity contribution < 1.29 is 22.4 Å². The zero-order valence-corrected chi connectivity index (χ0v) is 27.8. The SMILES string of the molecule is Cc1ccc(N(CC(=O)N(Cc2ccc(F)cc2)[C@@H](Cc2ccccc2)C(=O)NC2CCCCC2)S(=O)(=O)c2ccccc2)c(C)c1. The van der Waals surface area contributed by atoms with Gasteiger partial charge in [-0.1, -0.05) is 97.6 Å². The molecule has 246 valence electrons. The molecule has 4 aromatic rings. The number of hydrogen-bond acceptors (Lipinski definition) is 4. The minimum Gasteiger partial charge on any atom is -0.352 e. The van der Waals surface area contributed by atoms with Crippen molar-refractivity contribution >= 4 is 27.5 Å². The van der Waals surface area contributed by atoms with Gasteiger partial charge in [-0.2, -0.15) is 0 Å². The van der Waals surface area contributed by atoms with Crippen LogP contribution in [0.2, 0.25) is 0 Å². The Morgan fingerprint density at radius 1 is 0.830 bits per heavy atom. The van der Waals surface area contributed by atoms with Crippen LogP contribution in [-0.2, 0) is 32.6 Å². The molecule has 0 bridgehead atoms. The molecule has 2 amide bonds. The second kappa shape index (κ2) is 15.4. The fraction of sp³-hybridized carbons (Fsp3) is 0.316. The average Bonchev–Trinajstić information content (AvgIpc) is 3.07. The number of rotatable bonds is 12. The zero-order valence-electron chi connectivity index (χ0n) is 26.9. The highest BCUT2D eigenvalue weighted by molar-refractivity contribution is 7.92. The Hall–Kier alpha value is -4.50. The van der Waals surface area contributed by atoms with E-state index in [4.69, 9.17) is 0 Å². The monoisotopic (exact) mass is 655 g/mol. The average molecular weight is 656 g/mol. The van der Waals surface area contributed by atoms with Gasteiger partial charge in [0.15, 0.2) is 0 Å². The van der Waals surface area contributed by atoms with Crippen LogP contribution in [0.4, 0.5) is 10.1 Å². The van der Waals surface area contributed by atoms with Crippen LogP contribution in [0.5, 0.6) is 0 Å². The third-order valence-corrected chi connectivity index (χ3v) is 10.5. The van der Waals surface area contributed by atoms with Gasteiger partial charge in [0.1, 0.15) is 18.4 Å². The highest BCUT2D eigenvalue weighted by Crippen LogP contribution is 2.29. The molecule has 1 N–H and O–H groups in total. The first-order valence-corrected chi connectivity index (χ1v) is 17.6. The number of nitrogens with one attached hydrogen (secondary N) is 1. The summed E-state index contributed by atoms with van der Waals surface area (Å²) < 4.78 is 43.5. The molecule has 4 aromatic carbocycles. The summed E-state index contributed by atoms with van der Waals surface area (Å²) in [5, 5.41) is 3.20. The van der Waals surface area contributed by atoms with E-state index < -0.39 is 34.3 Å². The summed E-state index contributed by atoms with van der Waals surface area (Å²) >= 11 is 0. The Morgan fingerprint density at radius 2 is 1.47 bits per heavy atom. The first kappa shape index (κ1) is 33.9. The number of benzene rings is 4. The van der Waals surface area contributed by atoms with Gasteiger partial charge in [-0.05, 0) is 73.7 Å². The minimum atomic E-state index is -4.19. The van der Waals surface area contributed by atoms with Crippen molar-refractivity contribution in [2.24, 2.45) is 0 Å². The molecule has 9 heteroatoms. The maximum absolute atomic E-state index is 14.6. The smallest absolute Gasteiger partial charge is 0.264 e. The number of carbonyl (C=O) groups excluding carboxylic acids is 2. The van der Waals surface area contributed by atoms with Crippen LogP contribution >= 0.6 is 0 Å². The van der Waals surface area contributed by atoms with Crippen LogP contribution in [0.3, 0.4) is 0 Å². The number of amides is 2. The summed E-state index contributed by atoms with van der Waals surface area (Å²) in [7, 11) is -4.19. The van der Waals surface area contributed by atoms with Crippen molar-refractivity contribution in [2.45, 2.75) is 75.9 Å².